The van der Waals surface area contributed by atoms with E-state index < -0.39 is 89.5 Å². The molecule has 0 aromatic heterocycles. The van der Waals surface area contributed by atoms with Crippen LogP contribution in [0.25, 0.3) is 0 Å². The Balaban J connectivity index is 1.58. The van der Waals surface area contributed by atoms with Gasteiger partial charge in [0.1, 0.15) is 17.8 Å². The number of esters is 1. The smallest absolute Gasteiger partial charge is 0.415 e. The van der Waals surface area contributed by atoms with Crippen LogP contribution in [0.3, 0.4) is 0 Å². The summed E-state index contributed by atoms with van der Waals surface area (Å²) in [7, 11) is 3.14. The SMILES string of the molecule is CC[C@H]1OC(=O)[C@H](C)C(=O)[C@H](C)[C@@H](OC2O[C@H](C)C[C@H]3C2OC(=O)N3C)[C@](C)(OC)C[C@@H](C)C(=O)[C@H](C)[C@H]2N(c3ccc(C)cc3)C(=O)O[C@]12C. The number of cyclic esters (lactones) is 1. The van der Waals surface area contributed by atoms with E-state index in [-0.39, 0.29) is 30.8 Å². The second kappa shape index (κ2) is 14.5. The number of carbonyl (C=O) groups is 5. The molecule has 4 aliphatic rings. The number of methoxy groups -OCH3 is 1. The van der Waals surface area contributed by atoms with Gasteiger partial charge in [0.25, 0.3) is 0 Å². The molecule has 13 nitrogen and oxygen atoms in total. The highest BCUT2D eigenvalue weighted by Gasteiger charge is 2.61. The number of Topliss-reactive ketones (excluding diaryl/α,β-unsaturated/α-hetero) is 2. The molecule has 1 aromatic carbocycles. The zero-order chi connectivity index (χ0) is 37.7. The molecule has 0 saturated carbocycles. The average Bonchev–Trinajstić information content (AvgIpc) is 3.54. The fourth-order valence-corrected chi connectivity index (χ4v) is 8.66. The summed E-state index contributed by atoms with van der Waals surface area (Å²) in [6.07, 6.45) is -4.42. The van der Waals surface area contributed by atoms with Gasteiger partial charge in [-0.15, -0.1) is 0 Å². The third kappa shape index (κ3) is 6.89. The van der Waals surface area contributed by atoms with E-state index in [1.165, 1.54) is 23.8 Å². The van der Waals surface area contributed by atoms with E-state index in [1.54, 1.807) is 60.7 Å². The van der Waals surface area contributed by atoms with Crippen LogP contribution in [0.1, 0.15) is 80.2 Å². The van der Waals surface area contributed by atoms with Crippen molar-refractivity contribution in [2.75, 3.05) is 19.1 Å². The van der Waals surface area contributed by atoms with Gasteiger partial charge in [-0.3, -0.25) is 19.3 Å². The monoisotopic (exact) mass is 714 g/mol. The van der Waals surface area contributed by atoms with Crippen molar-refractivity contribution in [1.82, 2.24) is 4.90 Å². The summed E-state index contributed by atoms with van der Waals surface area (Å²) in [4.78, 5) is 72.1. The molecule has 2 unspecified atom stereocenters. The van der Waals surface area contributed by atoms with E-state index in [4.69, 9.17) is 28.4 Å². The Kier molecular flexibility index (Phi) is 11.0. The molecule has 51 heavy (non-hydrogen) atoms. The summed E-state index contributed by atoms with van der Waals surface area (Å²) in [5.41, 5.74) is -1.18. The second-order valence-electron chi connectivity index (χ2n) is 15.4. The topological polar surface area (TPSA) is 147 Å². The van der Waals surface area contributed by atoms with Gasteiger partial charge in [0.15, 0.2) is 23.8 Å². The molecule has 4 aliphatic heterocycles. The summed E-state index contributed by atoms with van der Waals surface area (Å²) in [5, 5.41) is 0. The van der Waals surface area contributed by atoms with Crippen LogP contribution >= 0.6 is 0 Å². The Bertz CT molecular complexity index is 1520. The van der Waals surface area contributed by atoms with Crippen molar-refractivity contribution in [3.63, 3.8) is 0 Å². The first-order chi connectivity index (χ1) is 23.9. The third-order valence-electron chi connectivity index (χ3n) is 11.7. The van der Waals surface area contributed by atoms with Crippen LogP contribution < -0.4 is 4.90 Å². The van der Waals surface area contributed by atoms with E-state index in [1.807, 2.05) is 26.0 Å². The van der Waals surface area contributed by atoms with E-state index in [9.17, 15) is 24.0 Å². The summed E-state index contributed by atoms with van der Waals surface area (Å²) < 4.78 is 36.9. The molecule has 13 heteroatoms. The minimum atomic E-state index is -1.44. The zero-order valence-corrected chi connectivity index (χ0v) is 31.7. The molecule has 2 amide bonds. The van der Waals surface area contributed by atoms with Gasteiger partial charge < -0.3 is 33.3 Å². The normalized spacial score (nSPS) is 41.0. The maximum atomic E-state index is 14.6. The first kappa shape index (κ1) is 38.7. The van der Waals surface area contributed by atoms with E-state index >= 15 is 0 Å². The lowest BCUT2D eigenvalue weighted by Gasteiger charge is -2.46. The lowest BCUT2D eigenvalue weighted by molar-refractivity contribution is -0.284. The fraction of sp³-hybridized carbons (Fsp3) is 0.711. The van der Waals surface area contributed by atoms with Crippen LogP contribution in [0.4, 0.5) is 15.3 Å². The average molecular weight is 715 g/mol. The number of benzene rings is 1. The summed E-state index contributed by atoms with van der Waals surface area (Å²) in [6.45, 7) is 15.8. The predicted octanol–water partition coefficient (Wildman–Crippen LogP) is 5.23. The van der Waals surface area contributed by atoms with Crippen LogP contribution in [-0.4, -0.2) is 103 Å². The molecule has 4 fully saturated rings. The minimum Gasteiger partial charge on any atom is -0.458 e. The van der Waals surface area contributed by atoms with Crippen LogP contribution in [0.5, 0.6) is 0 Å². The molecule has 0 radical (unpaired) electrons. The largest absolute Gasteiger partial charge is 0.458 e. The highest BCUT2D eigenvalue weighted by atomic mass is 16.7. The highest BCUT2D eigenvalue weighted by Crippen LogP contribution is 2.45. The first-order valence-corrected chi connectivity index (χ1v) is 18.0. The Morgan fingerprint density at radius 1 is 0.902 bits per heavy atom. The number of ketones is 2. The molecule has 282 valence electrons. The molecule has 13 atom stereocenters. The molecule has 0 spiro atoms. The number of amides is 2. The Labute approximate surface area is 300 Å². The van der Waals surface area contributed by atoms with Crippen molar-refractivity contribution in [3.05, 3.63) is 29.8 Å². The second-order valence-corrected chi connectivity index (χ2v) is 15.4. The molecule has 4 heterocycles. The van der Waals surface area contributed by atoms with Crippen molar-refractivity contribution in [3.8, 4) is 0 Å². The van der Waals surface area contributed by atoms with Gasteiger partial charge in [-0.25, -0.2) is 9.59 Å². The Morgan fingerprint density at radius 2 is 1.55 bits per heavy atom. The number of ether oxygens (including phenoxy) is 6. The highest BCUT2D eigenvalue weighted by molar-refractivity contribution is 6.00. The summed E-state index contributed by atoms with van der Waals surface area (Å²) in [6, 6.07) is 6.16. The number of rotatable bonds is 5. The van der Waals surface area contributed by atoms with E-state index in [0.717, 1.165) is 5.56 Å². The summed E-state index contributed by atoms with van der Waals surface area (Å²) >= 11 is 0. The van der Waals surface area contributed by atoms with Crippen LogP contribution in [-0.2, 0) is 42.8 Å². The molecular weight excluding hydrogens is 660 g/mol. The number of hydrogen-bond acceptors (Lipinski definition) is 11. The number of aryl methyl sites for hydroxylation is 1. The van der Waals surface area contributed by atoms with Crippen molar-refractivity contribution in [1.29, 1.82) is 0 Å². The molecule has 0 aliphatic carbocycles. The van der Waals surface area contributed by atoms with Gasteiger partial charge in [0.05, 0.1) is 29.9 Å². The number of anilines is 1. The van der Waals surface area contributed by atoms with Gasteiger partial charge in [-0.2, -0.15) is 0 Å². The van der Waals surface area contributed by atoms with Crippen molar-refractivity contribution in [2.24, 2.45) is 23.7 Å². The van der Waals surface area contributed by atoms with Crippen LogP contribution in [0.15, 0.2) is 24.3 Å². The van der Waals surface area contributed by atoms with Crippen molar-refractivity contribution >= 4 is 35.4 Å². The Morgan fingerprint density at radius 3 is 2.16 bits per heavy atom. The van der Waals surface area contributed by atoms with Gasteiger partial charge in [-0.05, 0) is 66.0 Å². The minimum absolute atomic E-state index is 0.115. The van der Waals surface area contributed by atoms with E-state index in [0.29, 0.717) is 12.1 Å². The standard InChI is InChI=1S/C38H54N2O11/c1-12-27-38(9)31(40(36(45)51-38)25-15-13-19(2)14-16-25)22(5)28(41)20(3)18-37(8,46-11)32(23(6)29(42)24(7)33(43)48-27)50-34-30-26(17-21(4)47-34)39(10)35(44)49-30/h13-16,20-24,26-27,30-32,34H,12,17-18H2,1-11H3/t20-,21-,22+,23+,24-,26+,27-,30?,31-,32-,34?,37-,38-/m1/s1. The number of nitrogens with zero attached hydrogens (tertiary/aromatic N) is 2. The van der Waals surface area contributed by atoms with Gasteiger partial charge in [-0.1, -0.05) is 45.4 Å². The number of likely N-dealkylation sites (N-methyl/N-ethyl adjacent to an activating group) is 1. The molecule has 0 bridgehead atoms. The fourth-order valence-electron chi connectivity index (χ4n) is 8.66. The maximum Gasteiger partial charge on any atom is 0.415 e. The predicted molar refractivity (Wildman–Crippen MR) is 185 cm³/mol. The number of hydrogen-bond donors (Lipinski definition) is 0. The van der Waals surface area contributed by atoms with Crippen molar-refractivity contribution < 1.29 is 52.4 Å². The molecule has 1 aromatic rings. The lowest BCUT2D eigenvalue weighted by atomic mass is 9.73. The van der Waals surface area contributed by atoms with Gasteiger partial charge in [0, 0.05) is 37.6 Å². The van der Waals surface area contributed by atoms with E-state index in [2.05, 4.69) is 0 Å². The van der Waals surface area contributed by atoms with Crippen LogP contribution in [0, 0.1) is 30.6 Å². The Hall–Kier alpha value is -3.55. The van der Waals surface area contributed by atoms with Gasteiger partial charge in [0.2, 0.25) is 0 Å². The lowest BCUT2D eigenvalue weighted by Crippen LogP contribution is -2.59. The first-order valence-electron chi connectivity index (χ1n) is 18.0. The molecule has 4 saturated heterocycles. The third-order valence-corrected chi connectivity index (χ3v) is 11.7. The molecule has 5 rings (SSSR count). The molecule has 0 N–H and O–H groups in total. The van der Waals surface area contributed by atoms with Crippen LogP contribution in [0.2, 0.25) is 0 Å². The van der Waals surface area contributed by atoms with Crippen molar-refractivity contribution in [2.45, 2.75) is 136 Å². The molecular formula is C38H54N2O11. The number of carbonyl (C=O) groups excluding carboxylic acids is 5. The number of fused-ring (bicyclic) bond motifs is 2. The zero-order valence-electron chi connectivity index (χ0n) is 31.7. The summed E-state index contributed by atoms with van der Waals surface area (Å²) in [5.74, 6) is -5.08. The maximum absolute atomic E-state index is 14.6. The van der Waals surface area contributed by atoms with Gasteiger partial charge >= 0.3 is 18.2 Å². The quantitative estimate of drug-likeness (QED) is 0.224.